The SMILES string of the molecule is COc1cc(-c2nnc(N)s2)cc(OC)c1OC. The summed E-state index contributed by atoms with van der Waals surface area (Å²) >= 11 is 1.30. The normalized spacial score (nSPS) is 10.2. The van der Waals surface area contributed by atoms with Crippen molar-refractivity contribution in [3.8, 4) is 27.8 Å². The molecule has 18 heavy (non-hydrogen) atoms. The van der Waals surface area contributed by atoms with E-state index in [1.165, 1.54) is 11.3 Å². The first-order valence-electron chi connectivity index (χ1n) is 5.09. The molecule has 6 nitrogen and oxygen atoms in total. The molecule has 0 atom stereocenters. The lowest BCUT2D eigenvalue weighted by Gasteiger charge is -2.12. The van der Waals surface area contributed by atoms with Crippen LogP contribution in [0.1, 0.15) is 0 Å². The minimum atomic E-state index is 0.416. The van der Waals surface area contributed by atoms with Gasteiger partial charge in [-0.15, -0.1) is 10.2 Å². The zero-order chi connectivity index (χ0) is 13.1. The lowest BCUT2D eigenvalue weighted by molar-refractivity contribution is 0.324. The van der Waals surface area contributed by atoms with Gasteiger partial charge in [0.1, 0.15) is 5.01 Å². The maximum absolute atomic E-state index is 5.57. The van der Waals surface area contributed by atoms with E-state index in [9.17, 15) is 0 Å². The number of nitrogen functional groups attached to an aromatic ring is 1. The van der Waals surface area contributed by atoms with E-state index in [0.717, 1.165) is 5.56 Å². The Morgan fingerprint density at radius 3 is 2.00 bits per heavy atom. The third-order valence-electron chi connectivity index (χ3n) is 2.35. The molecule has 0 unspecified atom stereocenters. The average Bonchev–Trinajstić information content (AvgIpc) is 2.83. The van der Waals surface area contributed by atoms with Crippen molar-refractivity contribution in [1.82, 2.24) is 10.2 Å². The highest BCUT2D eigenvalue weighted by molar-refractivity contribution is 7.18. The summed E-state index contributed by atoms with van der Waals surface area (Å²) in [6, 6.07) is 3.61. The van der Waals surface area contributed by atoms with Crippen molar-refractivity contribution >= 4 is 16.5 Å². The van der Waals surface area contributed by atoms with Gasteiger partial charge in [0.2, 0.25) is 10.9 Å². The molecule has 0 fully saturated rings. The Kier molecular flexibility index (Phi) is 3.52. The molecule has 0 saturated carbocycles. The van der Waals surface area contributed by atoms with E-state index in [1.54, 1.807) is 33.5 Å². The van der Waals surface area contributed by atoms with Gasteiger partial charge >= 0.3 is 0 Å². The molecule has 1 aromatic carbocycles. The second-order valence-electron chi connectivity index (χ2n) is 3.36. The number of rotatable bonds is 4. The number of benzene rings is 1. The van der Waals surface area contributed by atoms with Crippen LogP contribution in [0.3, 0.4) is 0 Å². The molecule has 0 radical (unpaired) electrons. The smallest absolute Gasteiger partial charge is 0.203 e. The number of anilines is 1. The number of aromatic nitrogens is 2. The lowest BCUT2D eigenvalue weighted by Crippen LogP contribution is -1.95. The zero-order valence-corrected chi connectivity index (χ0v) is 11.1. The summed E-state index contributed by atoms with van der Waals surface area (Å²) in [6.45, 7) is 0. The molecule has 96 valence electrons. The Labute approximate surface area is 108 Å². The van der Waals surface area contributed by atoms with Crippen LogP contribution >= 0.6 is 11.3 Å². The quantitative estimate of drug-likeness (QED) is 0.910. The minimum absolute atomic E-state index is 0.416. The van der Waals surface area contributed by atoms with Crippen molar-refractivity contribution in [2.24, 2.45) is 0 Å². The molecule has 2 aromatic rings. The fourth-order valence-corrected chi connectivity index (χ4v) is 2.15. The van der Waals surface area contributed by atoms with E-state index in [1.807, 2.05) is 0 Å². The summed E-state index contributed by atoms with van der Waals surface area (Å²) in [4.78, 5) is 0. The fraction of sp³-hybridized carbons (Fsp3) is 0.273. The van der Waals surface area contributed by atoms with Gasteiger partial charge in [-0.1, -0.05) is 11.3 Å². The number of nitrogens with two attached hydrogens (primary N) is 1. The Hall–Kier alpha value is -2.02. The first-order valence-corrected chi connectivity index (χ1v) is 5.90. The van der Waals surface area contributed by atoms with Crippen LogP contribution in [-0.4, -0.2) is 31.5 Å². The van der Waals surface area contributed by atoms with Crippen LogP contribution in [0.4, 0.5) is 5.13 Å². The van der Waals surface area contributed by atoms with Crippen molar-refractivity contribution < 1.29 is 14.2 Å². The predicted molar refractivity (Wildman–Crippen MR) is 69.4 cm³/mol. The van der Waals surface area contributed by atoms with Gasteiger partial charge in [-0.2, -0.15) is 0 Å². The highest BCUT2D eigenvalue weighted by Gasteiger charge is 2.15. The number of hydrogen-bond acceptors (Lipinski definition) is 7. The topological polar surface area (TPSA) is 79.5 Å². The molecule has 0 amide bonds. The van der Waals surface area contributed by atoms with Gasteiger partial charge in [-0.3, -0.25) is 0 Å². The second-order valence-corrected chi connectivity index (χ2v) is 4.37. The fourth-order valence-electron chi connectivity index (χ4n) is 1.56. The first-order chi connectivity index (χ1) is 8.69. The van der Waals surface area contributed by atoms with Crippen molar-refractivity contribution in [1.29, 1.82) is 0 Å². The standard InChI is InChI=1S/C11H13N3O3S/c1-15-7-4-6(10-13-14-11(12)18-10)5-8(16-2)9(7)17-3/h4-5H,1-3H3,(H2,12,14). The molecule has 0 aliphatic carbocycles. The van der Waals surface area contributed by atoms with E-state index in [2.05, 4.69) is 10.2 Å². The van der Waals surface area contributed by atoms with Gasteiger partial charge in [0.25, 0.3) is 0 Å². The third-order valence-corrected chi connectivity index (χ3v) is 3.15. The Morgan fingerprint density at radius 1 is 1.00 bits per heavy atom. The minimum Gasteiger partial charge on any atom is -0.493 e. The third kappa shape index (κ3) is 2.17. The predicted octanol–water partition coefficient (Wildman–Crippen LogP) is 1.81. The molecule has 2 rings (SSSR count). The largest absolute Gasteiger partial charge is 0.493 e. The highest BCUT2D eigenvalue weighted by Crippen LogP contribution is 2.41. The van der Waals surface area contributed by atoms with Crippen molar-refractivity contribution in [2.45, 2.75) is 0 Å². The average molecular weight is 267 g/mol. The molecule has 7 heteroatoms. The van der Waals surface area contributed by atoms with Gasteiger partial charge in [0, 0.05) is 5.56 Å². The number of nitrogens with zero attached hydrogens (tertiary/aromatic N) is 2. The molecule has 1 aromatic heterocycles. The van der Waals surface area contributed by atoms with Crippen molar-refractivity contribution in [3.05, 3.63) is 12.1 Å². The second kappa shape index (κ2) is 5.09. The molecule has 1 heterocycles. The zero-order valence-electron chi connectivity index (χ0n) is 10.3. The van der Waals surface area contributed by atoms with Crippen LogP contribution in [0, 0.1) is 0 Å². The van der Waals surface area contributed by atoms with E-state index in [-0.39, 0.29) is 0 Å². The molecule has 2 N–H and O–H groups in total. The van der Waals surface area contributed by atoms with Crippen molar-refractivity contribution in [2.75, 3.05) is 27.1 Å². The van der Waals surface area contributed by atoms with E-state index in [0.29, 0.717) is 27.4 Å². The molecule has 0 saturated heterocycles. The summed E-state index contributed by atoms with van der Waals surface area (Å²) in [7, 11) is 4.69. The van der Waals surface area contributed by atoms with E-state index < -0.39 is 0 Å². The maximum atomic E-state index is 5.57. The van der Waals surface area contributed by atoms with Gasteiger partial charge in [0.15, 0.2) is 11.5 Å². The van der Waals surface area contributed by atoms with Crippen LogP contribution in [-0.2, 0) is 0 Å². The number of hydrogen-bond donors (Lipinski definition) is 1. The van der Waals surface area contributed by atoms with Crippen LogP contribution in [0.2, 0.25) is 0 Å². The molecular weight excluding hydrogens is 254 g/mol. The molecule has 0 aliphatic rings. The van der Waals surface area contributed by atoms with E-state index >= 15 is 0 Å². The first kappa shape index (κ1) is 12.4. The molecule has 0 aliphatic heterocycles. The molecule has 0 spiro atoms. The summed E-state index contributed by atoms with van der Waals surface area (Å²) in [5.74, 6) is 1.68. The summed E-state index contributed by atoms with van der Waals surface area (Å²) < 4.78 is 15.8. The van der Waals surface area contributed by atoms with Gasteiger partial charge in [-0.25, -0.2) is 0 Å². The van der Waals surface area contributed by atoms with E-state index in [4.69, 9.17) is 19.9 Å². The Bertz CT molecular complexity index is 531. The lowest BCUT2D eigenvalue weighted by atomic mass is 10.2. The summed E-state index contributed by atoms with van der Waals surface area (Å²) in [5.41, 5.74) is 6.39. The van der Waals surface area contributed by atoms with Crippen molar-refractivity contribution in [3.63, 3.8) is 0 Å². The van der Waals surface area contributed by atoms with Crippen LogP contribution in [0.25, 0.3) is 10.6 Å². The van der Waals surface area contributed by atoms with Crippen LogP contribution in [0.5, 0.6) is 17.2 Å². The van der Waals surface area contributed by atoms with Gasteiger partial charge in [-0.05, 0) is 12.1 Å². The summed E-state index contributed by atoms with van der Waals surface area (Å²) in [5, 5.41) is 8.88. The van der Waals surface area contributed by atoms with Gasteiger partial charge in [0.05, 0.1) is 21.3 Å². The van der Waals surface area contributed by atoms with Crippen LogP contribution in [0.15, 0.2) is 12.1 Å². The maximum Gasteiger partial charge on any atom is 0.203 e. The Balaban J connectivity index is 2.56. The number of methoxy groups -OCH3 is 3. The molecule has 0 bridgehead atoms. The summed E-state index contributed by atoms with van der Waals surface area (Å²) in [6.07, 6.45) is 0. The monoisotopic (exact) mass is 267 g/mol. The van der Waals surface area contributed by atoms with Crippen LogP contribution < -0.4 is 19.9 Å². The van der Waals surface area contributed by atoms with Gasteiger partial charge < -0.3 is 19.9 Å². The highest BCUT2D eigenvalue weighted by atomic mass is 32.1. The number of ether oxygens (including phenoxy) is 3. The Morgan fingerprint density at radius 2 is 1.61 bits per heavy atom. The molecular formula is C11H13N3O3S.